The molecule has 0 radical (unpaired) electrons. The second kappa shape index (κ2) is 12.9. The minimum Gasteiger partial charge on any atom is -0.463 e. The second-order valence-electron chi connectivity index (χ2n) is 7.89. The molecule has 12 heteroatoms. The van der Waals surface area contributed by atoms with Gasteiger partial charge in [0, 0.05) is 28.8 Å². The van der Waals surface area contributed by atoms with Crippen LogP contribution in [0.3, 0.4) is 0 Å². The summed E-state index contributed by atoms with van der Waals surface area (Å²) in [7, 11) is 0. The second-order valence-corrected chi connectivity index (χ2v) is 10.1. The van der Waals surface area contributed by atoms with Gasteiger partial charge in [-0.3, -0.25) is 9.59 Å². The number of esters is 1. The maximum absolute atomic E-state index is 12.3. The predicted octanol–water partition coefficient (Wildman–Crippen LogP) is 3.85. The Bertz CT molecular complexity index is 1000. The Hall–Kier alpha value is -2.37. The highest BCUT2D eigenvalue weighted by atomic mass is 35.5. The minimum absolute atomic E-state index is 0.0328. The first-order chi connectivity index (χ1) is 16.0. The lowest BCUT2D eigenvalue weighted by atomic mass is 10.1. The Kier molecular flexibility index (Phi) is 10.6. The molecule has 2 atom stereocenters. The quantitative estimate of drug-likeness (QED) is 0.185. The molecule has 0 aliphatic carbocycles. The first kappa shape index (κ1) is 27.9. The lowest BCUT2D eigenvalue weighted by molar-refractivity contribution is -0.152. The van der Waals surface area contributed by atoms with Crippen LogP contribution >= 0.6 is 35.1 Å². The number of anilines is 2. The summed E-state index contributed by atoms with van der Waals surface area (Å²) in [5, 5.41) is 26.4. The van der Waals surface area contributed by atoms with Crippen molar-refractivity contribution in [3.63, 3.8) is 0 Å². The van der Waals surface area contributed by atoms with Crippen LogP contribution in [0.25, 0.3) is 0 Å². The van der Waals surface area contributed by atoms with Crippen LogP contribution in [-0.4, -0.2) is 52.2 Å². The summed E-state index contributed by atoms with van der Waals surface area (Å²) in [5.41, 5.74) is 1.65. The maximum atomic E-state index is 12.3. The average molecular weight is 530 g/mol. The van der Waals surface area contributed by atoms with E-state index in [1.807, 2.05) is 0 Å². The van der Waals surface area contributed by atoms with E-state index >= 15 is 0 Å². The van der Waals surface area contributed by atoms with E-state index < -0.39 is 35.4 Å². The van der Waals surface area contributed by atoms with Gasteiger partial charge >= 0.3 is 5.97 Å². The summed E-state index contributed by atoms with van der Waals surface area (Å²) < 4.78 is 7.07. The molecule has 2 aromatic rings. The summed E-state index contributed by atoms with van der Waals surface area (Å²) in [6, 6.07) is 12.0. The van der Waals surface area contributed by atoms with Gasteiger partial charge in [-0.05, 0) is 37.6 Å². The van der Waals surface area contributed by atoms with E-state index in [2.05, 4.69) is 15.2 Å². The SMILES string of the molecule is CC(C)(CNC(=O)C(O)C(O)COC(=O)Cc1ccccc1Nc1c(Cl)cccc1Cl)SN=O. The molecule has 0 spiro atoms. The molecule has 0 saturated heterocycles. The van der Waals surface area contributed by atoms with Gasteiger partial charge in [-0.1, -0.05) is 47.5 Å². The molecule has 2 rings (SSSR count). The zero-order chi connectivity index (χ0) is 25.3. The Labute approximate surface area is 211 Å². The molecule has 0 bridgehead atoms. The predicted molar refractivity (Wildman–Crippen MR) is 133 cm³/mol. The number of aliphatic hydroxyl groups excluding tert-OH is 2. The lowest BCUT2D eigenvalue weighted by Gasteiger charge is -2.22. The number of amides is 1. The van der Waals surface area contributed by atoms with Gasteiger partial charge < -0.3 is 25.6 Å². The Morgan fingerprint density at radius 2 is 1.76 bits per heavy atom. The van der Waals surface area contributed by atoms with E-state index in [-0.39, 0.29) is 13.0 Å². The highest BCUT2D eigenvalue weighted by Gasteiger charge is 2.28. The van der Waals surface area contributed by atoms with E-state index in [1.165, 1.54) is 0 Å². The van der Waals surface area contributed by atoms with Crippen molar-refractivity contribution in [1.29, 1.82) is 0 Å². The molecule has 34 heavy (non-hydrogen) atoms. The van der Waals surface area contributed by atoms with Gasteiger partial charge in [0.2, 0.25) is 0 Å². The molecule has 0 saturated carbocycles. The molecule has 9 nitrogen and oxygen atoms in total. The van der Waals surface area contributed by atoms with Crippen molar-refractivity contribution in [2.75, 3.05) is 18.5 Å². The number of halogens is 2. The van der Waals surface area contributed by atoms with Crippen LogP contribution in [0.4, 0.5) is 11.4 Å². The van der Waals surface area contributed by atoms with Crippen molar-refractivity contribution >= 4 is 58.4 Å². The van der Waals surface area contributed by atoms with Crippen LogP contribution in [0, 0.1) is 4.91 Å². The van der Waals surface area contributed by atoms with Crippen LogP contribution in [-0.2, 0) is 20.7 Å². The van der Waals surface area contributed by atoms with Crippen molar-refractivity contribution in [3.8, 4) is 0 Å². The van der Waals surface area contributed by atoms with Crippen molar-refractivity contribution in [2.45, 2.75) is 37.2 Å². The molecule has 1 amide bonds. The first-order valence-corrected chi connectivity index (χ1v) is 11.7. The van der Waals surface area contributed by atoms with E-state index in [0.717, 1.165) is 11.9 Å². The number of carbonyl (C=O) groups excluding carboxylic acids is 2. The van der Waals surface area contributed by atoms with Crippen LogP contribution in [0.5, 0.6) is 0 Å². The topological polar surface area (TPSA) is 137 Å². The van der Waals surface area contributed by atoms with Crippen LogP contribution in [0.1, 0.15) is 19.4 Å². The fourth-order valence-electron chi connectivity index (χ4n) is 2.74. The van der Waals surface area contributed by atoms with E-state index in [0.29, 0.717) is 27.0 Å². The first-order valence-electron chi connectivity index (χ1n) is 10.1. The number of carbonyl (C=O) groups is 2. The molecule has 0 fully saturated rings. The summed E-state index contributed by atoms with van der Waals surface area (Å²) in [4.78, 5) is 34.8. The Morgan fingerprint density at radius 3 is 2.41 bits per heavy atom. The van der Waals surface area contributed by atoms with E-state index in [9.17, 15) is 24.7 Å². The standard InChI is InChI=1S/C22H25Cl2N3O6S/c1-22(2,34-27-32)12-25-21(31)20(30)17(28)11-33-18(29)10-13-6-3-4-9-16(13)26-19-14(23)7-5-8-15(19)24/h3-9,17,20,26,28,30H,10-12H2,1-2H3,(H,25,31). The maximum Gasteiger partial charge on any atom is 0.310 e. The van der Waals surface area contributed by atoms with Crippen molar-refractivity contribution in [2.24, 2.45) is 4.58 Å². The molecule has 0 aliphatic rings. The molecule has 2 aromatic carbocycles. The summed E-state index contributed by atoms with van der Waals surface area (Å²) in [6.45, 7) is 2.80. The van der Waals surface area contributed by atoms with Crippen LogP contribution in [0.2, 0.25) is 10.0 Å². The van der Waals surface area contributed by atoms with Gasteiger partial charge in [0.25, 0.3) is 5.91 Å². The number of benzene rings is 2. The van der Waals surface area contributed by atoms with Gasteiger partial charge in [-0.2, -0.15) is 0 Å². The zero-order valence-electron chi connectivity index (χ0n) is 18.5. The minimum atomic E-state index is -1.82. The summed E-state index contributed by atoms with van der Waals surface area (Å²) >= 11 is 13.1. The molecule has 184 valence electrons. The van der Waals surface area contributed by atoms with E-state index in [4.69, 9.17) is 27.9 Å². The number of hydrogen-bond acceptors (Lipinski definition) is 9. The molecular weight excluding hydrogens is 505 g/mol. The number of hydrogen-bond donors (Lipinski definition) is 4. The Balaban J connectivity index is 1.92. The molecule has 0 aliphatic heterocycles. The smallest absolute Gasteiger partial charge is 0.310 e. The molecule has 2 unspecified atom stereocenters. The van der Waals surface area contributed by atoms with Gasteiger partial charge in [0.05, 0.1) is 26.9 Å². The number of nitroso groups, excluding NO2 is 1. The number of ether oxygens (including phenoxy) is 1. The number of rotatable bonds is 12. The summed E-state index contributed by atoms with van der Waals surface area (Å²) in [5.74, 6) is -1.55. The third-order valence-corrected chi connectivity index (χ3v) is 5.94. The number of aliphatic hydroxyl groups is 2. The number of nitrogens with one attached hydrogen (secondary N) is 2. The van der Waals surface area contributed by atoms with E-state index in [1.54, 1.807) is 56.3 Å². The number of para-hydroxylation sites is 2. The van der Waals surface area contributed by atoms with Crippen LogP contribution in [0.15, 0.2) is 47.0 Å². The largest absolute Gasteiger partial charge is 0.463 e. The number of nitrogens with zero attached hydrogens (tertiary/aromatic N) is 1. The highest BCUT2D eigenvalue weighted by Crippen LogP contribution is 2.33. The Morgan fingerprint density at radius 1 is 1.12 bits per heavy atom. The van der Waals surface area contributed by atoms with Gasteiger partial charge in [-0.25, -0.2) is 0 Å². The fourth-order valence-corrected chi connectivity index (χ4v) is 3.57. The average Bonchev–Trinajstić information content (AvgIpc) is 2.79. The molecule has 0 heterocycles. The van der Waals surface area contributed by atoms with Gasteiger partial charge in [-0.15, -0.1) is 4.91 Å². The fraction of sp³-hybridized carbons (Fsp3) is 0.364. The van der Waals surface area contributed by atoms with Crippen molar-refractivity contribution in [3.05, 3.63) is 63.0 Å². The van der Waals surface area contributed by atoms with Crippen molar-refractivity contribution < 1.29 is 24.5 Å². The third kappa shape index (κ3) is 8.44. The monoisotopic (exact) mass is 529 g/mol. The van der Waals surface area contributed by atoms with Gasteiger partial charge in [0.1, 0.15) is 12.7 Å². The van der Waals surface area contributed by atoms with Crippen LogP contribution < -0.4 is 10.6 Å². The molecule has 0 aromatic heterocycles. The van der Waals surface area contributed by atoms with Gasteiger partial charge in [0.15, 0.2) is 6.10 Å². The zero-order valence-corrected chi connectivity index (χ0v) is 20.8. The third-order valence-electron chi connectivity index (χ3n) is 4.60. The highest BCUT2D eigenvalue weighted by molar-refractivity contribution is 7.99. The normalized spacial score (nSPS) is 13.0. The lowest BCUT2D eigenvalue weighted by Crippen LogP contribution is -2.47. The molecular formula is C22H25Cl2N3O6S. The molecule has 4 N–H and O–H groups in total. The van der Waals surface area contributed by atoms with Crippen molar-refractivity contribution in [1.82, 2.24) is 5.32 Å². The summed E-state index contributed by atoms with van der Waals surface area (Å²) in [6.07, 6.45) is -3.61.